The molecule has 0 aliphatic heterocycles. The SMILES string of the molecule is COc1ccc2cccc(CN[C@H]3CC[C@H](NCc4cc5ncccc5cc4F)[C@H](O)C3)c2n1. The number of fused-ring (bicyclic) bond motifs is 2. The van der Waals surface area contributed by atoms with Gasteiger partial charge < -0.3 is 20.5 Å². The molecule has 34 heavy (non-hydrogen) atoms. The van der Waals surface area contributed by atoms with Gasteiger partial charge >= 0.3 is 0 Å². The number of aromatic nitrogens is 2. The molecule has 0 unspecified atom stereocenters. The van der Waals surface area contributed by atoms with Crippen LogP contribution in [0.1, 0.15) is 30.4 Å². The highest BCUT2D eigenvalue weighted by molar-refractivity contribution is 5.82. The van der Waals surface area contributed by atoms with E-state index in [2.05, 4.69) is 26.7 Å². The zero-order chi connectivity index (χ0) is 23.5. The largest absolute Gasteiger partial charge is 0.481 e. The number of benzene rings is 2. The first-order valence-corrected chi connectivity index (χ1v) is 11.7. The minimum atomic E-state index is -0.501. The first-order valence-electron chi connectivity index (χ1n) is 11.7. The third-order valence-electron chi connectivity index (χ3n) is 6.71. The van der Waals surface area contributed by atoms with Crippen molar-refractivity contribution in [2.75, 3.05) is 7.11 Å². The highest BCUT2D eigenvalue weighted by Gasteiger charge is 2.28. The fourth-order valence-electron chi connectivity index (χ4n) is 4.78. The fourth-order valence-corrected chi connectivity index (χ4v) is 4.78. The predicted molar refractivity (Wildman–Crippen MR) is 131 cm³/mol. The van der Waals surface area contributed by atoms with Crippen molar-refractivity contribution in [3.8, 4) is 5.88 Å². The van der Waals surface area contributed by atoms with Gasteiger partial charge in [-0.1, -0.05) is 24.3 Å². The lowest BCUT2D eigenvalue weighted by Crippen LogP contribution is -2.48. The Morgan fingerprint density at radius 1 is 1.00 bits per heavy atom. The first-order chi connectivity index (χ1) is 16.6. The van der Waals surface area contributed by atoms with Gasteiger partial charge in [0.05, 0.1) is 24.2 Å². The monoisotopic (exact) mass is 460 g/mol. The van der Waals surface area contributed by atoms with E-state index >= 15 is 0 Å². The Morgan fingerprint density at radius 2 is 1.85 bits per heavy atom. The lowest BCUT2D eigenvalue weighted by molar-refractivity contribution is 0.0741. The van der Waals surface area contributed by atoms with Crippen LogP contribution in [0.15, 0.2) is 60.8 Å². The minimum Gasteiger partial charge on any atom is -0.481 e. The molecule has 0 saturated heterocycles. The molecule has 0 bridgehead atoms. The molecule has 1 aliphatic carbocycles. The topological polar surface area (TPSA) is 79.3 Å². The summed E-state index contributed by atoms with van der Waals surface area (Å²) >= 11 is 0. The van der Waals surface area contributed by atoms with Crippen LogP contribution < -0.4 is 15.4 Å². The number of nitrogens with one attached hydrogen (secondary N) is 2. The molecule has 1 aliphatic rings. The highest BCUT2D eigenvalue weighted by Crippen LogP contribution is 2.24. The van der Waals surface area contributed by atoms with Crippen molar-refractivity contribution in [3.05, 3.63) is 77.7 Å². The maximum Gasteiger partial charge on any atom is 0.213 e. The number of hydrogen-bond donors (Lipinski definition) is 3. The number of halogens is 1. The molecule has 1 saturated carbocycles. The molecule has 5 rings (SSSR count). The Bertz CT molecular complexity index is 1300. The summed E-state index contributed by atoms with van der Waals surface area (Å²) in [6, 6.07) is 17.1. The zero-order valence-corrected chi connectivity index (χ0v) is 19.2. The van der Waals surface area contributed by atoms with Gasteiger partial charge in [-0.15, -0.1) is 0 Å². The molecule has 3 atom stereocenters. The van der Waals surface area contributed by atoms with E-state index in [9.17, 15) is 9.50 Å². The standard InChI is InChI=1S/C27H29FN4O2/c1-34-26-10-7-17-4-2-5-19(27(17)32-26)15-30-21-8-9-23(25(33)14-21)31-16-20-13-24-18(12-22(20)28)6-3-11-29-24/h2-7,10-13,21,23,25,30-31,33H,8-9,14-16H2,1H3/t21-,23-,25+/m0/s1. The number of hydrogen-bond acceptors (Lipinski definition) is 6. The van der Waals surface area contributed by atoms with Crippen LogP contribution >= 0.6 is 0 Å². The van der Waals surface area contributed by atoms with Crippen LogP contribution in [0.4, 0.5) is 4.39 Å². The molecule has 2 aromatic heterocycles. The van der Waals surface area contributed by atoms with Crippen LogP contribution in [-0.4, -0.2) is 40.4 Å². The minimum absolute atomic E-state index is 0.0691. The maximum atomic E-state index is 14.5. The molecule has 2 aromatic carbocycles. The summed E-state index contributed by atoms with van der Waals surface area (Å²) < 4.78 is 19.8. The number of methoxy groups -OCH3 is 1. The lowest BCUT2D eigenvalue weighted by Gasteiger charge is -2.34. The van der Waals surface area contributed by atoms with E-state index in [0.717, 1.165) is 40.2 Å². The number of aliphatic hydroxyl groups is 1. The molecular weight excluding hydrogens is 431 g/mol. The second-order valence-electron chi connectivity index (χ2n) is 8.93. The van der Waals surface area contributed by atoms with Gasteiger partial charge in [-0.2, -0.15) is 0 Å². The van der Waals surface area contributed by atoms with E-state index in [1.165, 1.54) is 6.07 Å². The van der Waals surface area contributed by atoms with Crippen LogP contribution in [0.25, 0.3) is 21.8 Å². The molecule has 0 radical (unpaired) electrons. The van der Waals surface area contributed by atoms with E-state index in [4.69, 9.17) is 4.74 Å². The van der Waals surface area contributed by atoms with Gasteiger partial charge in [0.25, 0.3) is 0 Å². The number of ether oxygens (including phenoxy) is 1. The summed E-state index contributed by atoms with van der Waals surface area (Å²) in [5, 5.41) is 19.6. The van der Waals surface area contributed by atoms with Crippen LogP contribution in [0, 0.1) is 5.82 Å². The van der Waals surface area contributed by atoms with E-state index in [1.54, 1.807) is 25.4 Å². The van der Waals surface area contributed by atoms with Crippen LogP contribution in [0.2, 0.25) is 0 Å². The fraction of sp³-hybridized carbons (Fsp3) is 0.333. The summed E-state index contributed by atoms with van der Waals surface area (Å²) in [7, 11) is 1.62. The van der Waals surface area contributed by atoms with Crippen LogP contribution in [0.5, 0.6) is 5.88 Å². The number of aliphatic hydroxyl groups excluding tert-OH is 1. The van der Waals surface area contributed by atoms with Crippen LogP contribution in [0.3, 0.4) is 0 Å². The second-order valence-corrected chi connectivity index (χ2v) is 8.93. The summed E-state index contributed by atoms with van der Waals surface area (Å²) in [4.78, 5) is 8.92. The van der Waals surface area contributed by atoms with Gasteiger partial charge in [0.1, 0.15) is 5.82 Å². The van der Waals surface area contributed by atoms with Crippen molar-refractivity contribution in [2.24, 2.45) is 0 Å². The number of para-hydroxylation sites is 1. The van der Waals surface area contributed by atoms with E-state index in [0.29, 0.717) is 31.0 Å². The van der Waals surface area contributed by atoms with Gasteiger partial charge in [0, 0.05) is 53.8 Å². The van der Waals surface area contributed by atoms with Gasteiger partial charge in [0.15, 0.2) is 0 Å². The average molecular weight is 461 g/mol. The predicted octanol–water partition coefficient (Wildman–Crippen LogP) is 4.09. The van der Waals surface area contributed by atoms with Crippen molar-refractivity contribution in [1.29, 1.82) is 0 Å². The average Bonchev–Trinajstić information content (AvgIpc) is 2.86. The van der Waals surface area contributed by atoms with Gasteiger partial charge in [-0.05, 0) is 49.1 Å². The first kappa shape index (κ1) is 22.7. The third kappa shape index (κ3) is 4.87. The summed E-state index contributed by atoms with van der Waals surface area (Å²) in [5.41, 5.74) is 3.37. The number of rotatable bonds is 7. The molecule has 3 N–H and O–H groups in total. The lowest BCUT2D eigenvalue weighted by atomic mass is 9.88. The van der Waals surface area contributed by atoms with Crippen molar-refractivity contribution in [2.45, 2.75) is 50.5 Å². The molecule has 0 amide bonds. The van der Waals surface area contributed by atoms with E-state index in [1.807, 2.05) is 30.3 Å². The Morgan fingerprint density at radius 3 is 2.71 bits per heavy atom. The quantitative estimate of drug-likeness (QED) is 0.386. The third-order valence-corrected chi connectivity index (χ3v) is 6.71. The molecule has 4 aromatic rings. The number of pyridine rings is 2. The van der Waals surface area contributed by atoms with Gasteiger partial charge in [0.2, 0.25) is 5.88 Å². The smallest absolute Gasteiger partial charge is 0.213 e. The summed E-state index contributed by atoms with van der Waals surface area (Å²) in [6.45, 7) is 1.03. The van der Waals surface area contributed by atoms with Gasteiger partial charge in [-0.25, -0.2) is 9.37 Å². The normalized spacial score (nSPS) is 20.6. The van der Waals surface area contributed by atoms with Crippen LogP contribution in [-0.2, 0) is 13.1 Å². The Hall–Kier alpha value is -3.13. The van der Waals surface area contributed by atoms with Gasteiger partial charge in [-0.3, -0.25) is 4.98 Å². The van der Waals surface area contributed by atoms with Crippen molar-refractivity contribution in [1.82, 2.24) is 20.6 Å². The molecule has 0 spiro atoms. The Kier molecular flexibility index (Phi) is 6.67. The molecule has 7 heteroatoms. The Labute approximate surface area is 198 Å². The zero-order valence-electron chi connectivity index (χ0n) is 19.2. The van der Waals surface area contributed by atoms with Crippen molar-refractivity contribution >= 4 is 21.8 Å². The highest BCUT2D eigenvalue weighted by atomic mass is 19.1. The summed E-state index contributed by atoms with van der Waals surface area (Å²) in [6.07, 6.45) is 3.59. The number of nitrogens with zero attached hydrogens (tertiary/aromatic N) is 2. The van der Waals surface area contributed by atoms with E-state index in [-0.39, 0.29) is 17.9 Å². The molecule has 176 valence electrons. The molecule has 6 nitrogen and oxygen atoms in total. The molecule has 2 heterocycles. The van der Waals surface area contributed by atoms with Crippen molar-refractivity contribution < 1.29 is 14.2 Å². The van der Waals surface area contributed by atoms with E-state index < -0.39 is 6.10 Å². The Balaban J connectivity index is 1.17. The van der Waals surface area contributed by atoms with Crippen molar-refractivity contribution in [3.63, 3.8) is 0 Å². The molecule has 1 fully saturated rings. The summed E-state index contributed by atoms with van der Waals surface area (Å²) in [5.74, 6) is 0.346. The maximum absolute atomic E-state index is 14.5. The second kappa shape index (κ2) is 10.0. The molecular formula is C27H29FN4O2.